The predicted octanol–water partition coefficient (Wildman–Crippen LogP) is 4.83. The van der Waals surface area contributed by atoms with Crippen molar-refractivity contribution in [1.82, 2.24) is 5.32 Å². The molecule has 1 aromatic rings. The smallest absolute Gasteiger partial charge is 0.257 e. The summed E-state index contributed by atoms with van der Waals surface area (Å²) < 4.78 is 5.40. The summed E-state index contributed by atoms with van der Waals surface area (Å²) in [5, 5.41) is 2.99. The topological polar surface area (TPSA) is 55.4 Å². The van der Waals surface area contributed by atoms with E-state index < -0.39 is 0 Å². The number of ketones is 1. The van der Waals surface area contributed by atoms with Crippen molar-refractivity contribution in [1.29, 1.82) is 0 Å². The highest BCUT2D eigenvalue weighted by molar-refractivity contribution is 6.45. The molecule has 0 saturated carbocycles. The van der Waals surface area contributed by atoms with Crippen LogP contribution in [0.1, 0.15) is 49.9 Å². The van der Waals surface area contributed by atoms with Crippen LogP contribution in [0.15, 0.2) is 24.3 Å². The van der Waals surface area contributed by atoms with Gasteiger partial charge in [0.1, 0.15) is 10.8 Å². The molecule has 0 aromatic heterocycles. The zero-order chi connectivity index (χ0) is 18.1. The molecular weight excluding hydrogens is 349 g/mol. The monoisotopic (exact) mass is 371 g/mol. The maximum atomic E-state index is 12.2. The molecule has 0 aliphatic heterocycles. The standard InChI is InChI=1S/C18H23Cl2NO3/c1-4-6-7-10-21-15(22)11-24-14-9-8-13(16(19)17(14)20)18(23)12(3)5-2/h8-9H,3-7,10-11H2,1-2H3,(H,21,22). The maximum absolute atomic E-state index is 12.2. The molecule has 1 amide bonds. The van der Waals surface area contributed by atoms with Crippen molar-refractivity contribution in [3.05, 3.63) is 39.9 Å². The second-order valence-corrected chi connectivity index (χ2v) is 6.13. The van der Waals surface area contributed by atoms with Crippen molar-refractivity contribution in [3.8, 4) is 5.75 Å². The second-order valence-electron chi connectivity index (χ2n) is 5.37. The number of unbranched alkanes of at least 4 members (excludes halogenated alkanes) is 2. The van der Waals surface area contributed by atoms with Crippen molar-refractivity contribution < 1.29 is 14.3 Å². The summed E-state index contributed by atoms with van der Waals surface area (Å²) in [6.07, 6.45) is 3.63. The van der Waals surface area contributed by atoms with Crippen molar-refractivity contribution in [2.45, 2.75) is 39.5 Å². The summed E-state index contributed by atoms with van der Waals surface area (Å²) in [4.78, 5) is 23.9. The Bertz CT molecular complexity index is 615. The Morgan fingerprint density at radius 1 is 1.17 bits per heavy atom. The number of benzene rings is 1. The van der Waals surface area contributed by atoms with Crippen LogP contribution >= 0.6 is 23.2 Å². The first kappa shape index (κ1) is 20.5. The Morgan fingerprint density at radius 2 is 1.88 bits per heavy atom. The number of carbonyl (C=O) groups is 2. The van der Waals surface area contributed by atoms with Gasteiger partial charge in [-0.3, -0.25) is 9.59 Å². The molecule has 4 nitrogen and oxygen atoms in total. The molecule has 1 N–H and O–H groups in total. The van der Waals surface area contributed by atoms with Gasteiger partial charge >= 0.3 is 0 Å². The molecular formula is C18H23Cl2NO3. The molecule has 0 spiro atoms. The molecule has 1 rings (SSSR count). The summed E-state index contributed by atoms with van der Waals surface area (Å²) in [7, 11) is 0. The minimum Gasteiger partial charge on any atom is -0.482 e. The van der Waals surface area contributed by atoms with Crippen LogP contribution in [0.4, 0.5) is 0 Å². The largest absolute Gasteiger partial charge is 0.482 e. The van der Waals surface area contributed by atoms with E-state index in [2.05, 4.69) is 18.8 Å². The Labute approximate surface area is 153 Å². The molecule has 0 fully saturated rings. The van der Waals surface area contributed by atoms with Gasteiger partial charge in [0.25, 0.3) is 5.91 Å². The van der Waals surface area contributed by atoms with Crippen molar-refractivity contribution >= 4 is 34.9 Å². The lowest BCUT2D eigenvalue weighted by atomic mass is 10.0. The molecule has 0 unspecified atom stereocenters. The molecule has 0 bridgehead atoms. The fourth-order valence-electron chi connectivity index (χ4n) is 1.97. The van der Waals surface area contributed by atoms with Gasteiger partial charge in [0.05, 0.1) is 5.02 Å². The van der Waals surface area contributed by atoms with Gasteiger partial charge in [0.15, 0.2) is 12.4 Å². The maximum Gasteiger partial charge on any atom is 0.257 e. The molecule has 0 radical (unpaired) electrons. The third-order valence-electron chi connectivity index (χ3n) is 3.50. The SMILES string of the molecule is C=C(CC)C(=O)c1ccc(OCC(=O)NCCCCC)c(Cl)c1Cl. The lowest BCUT2D eigenvalue weighted by molar-refractivity contribution is -0.123. The molecule has 1 aromatic carbocycles. The Kier molecular flexibility index (Phi) is 8.87. The van der Waals surface area contributed by atoms with E-state index in [-0.39, 0.29) is 39.7 Å². The summed E-state index contributed by atoms with van der Waals surface area (Å²) in [5.41, 5.74) is 0.734. The minimum atomic E-state index is -0.246. The first-order valence-electron chi connectivity index (χ1n) is 8.02. The molecule has 0 aliphatic carbocycles. The van der Waals surface area contributed by atoms with Crippen LogP contribution < -0.4 is 10.1 Å². The summed E-state index contributed by atoms with van der Waals surface area (Å²) in [5.74, 6) is -0.202. The average Bonchev–Trinajstić information content (AvgIpc) is 2.58. The van der Waals surface area contributed by atoms with E-state index in [1.807, 2.05) is 6.92 Å². The van der Waals surface area contributed by atoms with Crippen molar-refractivity contribution in [2.24, 2.45) is 0 Å². The molecule has 6 heteroatoms. The summed E-state index contributed by atoms with van der Waals surface area (Å²) in [6.45, 7) is 8.11. The predicted molar refractivity (Wildman–Crippen MR) is 98.3 cm³/mol. The third-order valence-corrected chi connectivity index (χ3v) is 4.37. The fraction of sp³-hybridized carbons (Fsp3) is 0.444. The van der Waals surface area contributed by atoms with Crippen LogP contribution in [0.5, 0.6) is 5.75 Å². The van der Waals surface area contributed by atoms with E-state index in [9.17, 15) is 9.59 Å². The molecule has 0 aliphatic rings. The van der Waals surface area contributed by atoms with Gasteiger partial charge in [-0.1, -0.05) is 56.5 Å². The lowest BCUT2D eigenvalue weighted by Crippen LogP contribution is -2.29. The zero-order valence-corrected chi connectivity index (χ0v) is 15.6. The number of ether oxygens (including phenoxy) is 1. The van der Waals surface area contributed by atoms with E-state index in [4.69, 9.17) is 27.9 Å². The number of amides is 1. The number of hydrogen-bond acceptors (Lipinski definition) is 3. The van der Waals surface area contributed by atoms with E-state index in [0.29, 0.717) is 18.5 Å². The van der Waals surface area contributed by atoms with Gasteiger partial charge in [0, 0.05) is 12.1 Å². The Morgan fingerprint density at radius 3 is 2.50 bits per heavy atom. The molecule has 0 saturated heterocycles. The van der Waals surface area contributed by atoms with E-state index in [1.54, 1.807) is 0 Å². The van der Waals surface area contributed by atoms with Crippen molar-refractivity contribution in [2.75, 3.05) is 13.2 Å². The van der Waals surface area contributed by atoms with Crippen LogP contribution in [0, 0.1) is 0 Å². The molecule has 132 valence electrons. The summed E-state index contributed by atoms with van der Waals surface area (Å²) >= 11 is 12.3. The van der Waals surface area contributed by atoms with Crippen LogP contribution in [0.3, 0.4) is 0 Å². The Hall–Kier alpha value is -1.52. The molecule has 24 heavy (non-hydrogen) atoms. The number of Topliss-reactive ketones (excluding diaryl/α,β-unsaturated/α-hetero) is 1. The number of rotatable bonds is 10. The Balaban J connectivity index is 2.68. The van der Waals surface area contributed by atoms with Crippen molar-refractivity contribution in [3.63, 3.8) is 0 Å². The lowest BCUT2D eigenvalue weighted by Gasteiger charge is -2.12. The fourth-order valence-corrected chi connectivity index (χ4v) is 2.43. The van der Waals surface area contributed by atoms with Gasteiger partial charge in [-0.25, -0.2) is 0 Å². The molecule has 0 atom stereocenters. The first-order valence-corrected chi connectivity index (χ1v) is 8.77. The number of hydrogen-bond donors (Lipinski definition) is 1. The highest BCUT2D eigenvalue weighted by Gasteiger charge is 2.18. The normalized spacial score (nSPS) is 10.3. The average molecular weight is 372 g/mol. The number of nitrogens with one attached hydrogen (secondary N) is 1. The quantitative estimate of drug-likeness (QED) is 0.364. The first-order chi connectivity index (χ1) is 11.4. The highest BCUT2D eigenvalue weighted by Crippen LogP contribution is 2.35. The minimum absolute atomic E-state index is 0.108. The van der Waals surface area contributed by atoms with Crippen LogP contribution in [-0.2, 0) is 4.79 Å². The van der Waals surface area contributed by atoms with Gasteiger partial charge in [0.2, 0.25) is 0 Å². The van der Waals surface area contributed by atoms with E-state index in [0.717, 1.165) is 19.3 Å². The van der Waals surface area contributed by atoms with E-state index >= 15 is 0 Å². The van der Waals surface area contributed by atoms with Gasteiger partial charge in [-0.15, -0.1) is 0 Å². The second kappa shape index (κ2) is 10.4. The highest BCUT2D eigenvalue weighted by atomic mass is 35.5. The van der Waals surface area contributed by atoms with Crippen LogP contribution in [-0.4, -0.2) is 24.8 Å². The molecule has 0 heterocycles. The van der Waals surface area contributed by atoms with Gasteiger partial charge < -0.3 is 10.1 Å². The number of halogens is 2. The number of carbonyl (C=O) groups excluding carboxylic acids is 2. The van der Waals surface area contributed by atoms with Crippen LogP contribution in [0.25, 0.3) is 0 Å². The van der Waals surface area contributed by atoms with Crippen LogP contribution in [0.2, 0.25) is 10.0 Å². The van der Waals surface area contributed by atoms with Gasteiger partial charge in [-0.2, -0.15) is 0 Å². The van der Waals surface area contributed by atoms with Gasteiger partial charge in [-0.05, 0) is 30.5 Å². The van der Waals surface area contributed by atoms with E-state index in [1.165, 1.54) is 12.1 Å². The number of allylic oxidation sites excluding steroid dienone is 1. The summed E-state index contributed by atoms with van der Waals surface area (Å²) in [6, 6.07) is 3.07. The zero-order valence-electron chi connectivity index (χ0n) is 14.1. The third kappa shape index (κ3) is 5.84.